The average molecular weight is 245 g/mol. The van der Waals surface area contributed by atoms with Crippen LogP contribution < -0.4 is 5.73 Å². The van der Waals surface area contributed by atoms with Gasteiger partial charge >= 0.3 is 0 Å². The average Bonchev–Trinajstić information content (AvgIpc) is 3.12. The first-order valence-electron chi connectivity index (χ1n) is 6.44. The third kappa shape index (κ3) is 1.38. The van der Waals surface area contributed by atoms with Crippen molar-refractivity contribution in [3.05, 3.63) is 12.0 Å². The van der Waals surface area contributed by atoms with Crippen LogP contribution in [0.25, 0.3) is 11.5 Å². The molecule has 2 aromatic heterocycles. The Morgan fingerprint density at radius 3 is 2.94 bits per heavy atom. The molecule has 6 heteroatoms. The van der Waals surface area contributed by atoms with Crippen molar-refractivity contribution in [2.24, 2.45) is 11.8 Å². The van der Waals surface area contributed by atoms with Crippen LogP contribution in [-0.2, 0) is 0 Å². The Hall–Kier alpha value is -1.85. The Kier molecular flexibility index (Phi) is 2.00. The number of fused-ring (bicyclic) bond motifs is 2. The minimum Gasteiger partial charge on any atom is -0.383 e. The van der Waals surface area contributed by atoms with E-state index >= 15 is 0 Å². The molecule has 2 aromatic rings. The number of hydrogen-bond acceptors (Lipinski definition) is 5. The van der Waals surface area contributed by atoms with E-state index in [4.69, 9.17) is 10.3 Å². The fourth-order valence-electron chi connectivity index (χ4n) is 3.52. The van der Waals surface area contributed by atoms with Crippen LogP contribution in [0, 0.1) is 11.8 Å². The summed E-state index contributed by atoms with van der Waals surface area (Å²) in [5, 5.41) is 10.7. The van der Waals surface area contributed by atoms with Crippen LogP contribution in [0.2, 0.25) is 0 Å². The second-order valence-corrected chi connectivity index (χ2v) is 5.44. The van der Waals surface area contributed by atoms with Gasteiger partial charge in [-0.15, -0.1) is 0 Å². The largest absolute Gasteiger partial charge is 0.383 e. The summed E-state index contributed by atoms with van der Waals surface area (Å²) in [6, 6.07) is 0. The third-order valence-corrected chi connectivity index (χ3v) is 4.41. The number of rotatable bonds is 2. The molecular weight excluding hydrogens is 230 g/mol. The number of aromatic amines is 1. The van der Waals surface area contributed by atoms with Crippen molar-refractivity contribution < 1.29 is 4.52 Å². The van der Waals surface area contributed by atoms with Gasteiger partial charge in [0.05, 0.1) is 6.20 Å². The molecule has 0 spiro atoms. The molecule has 3 N–H and O–H groups in total. The zero-order valence-corrected chi connectivity index (χ0v) is 9.97. The zero-order valence-electron chi connectivity index (χ0n) is 9.97. The standard InChI is InChI=1S/C12H15N5O/c13-10-9(5-14-16-10)12-15-11(17-18-12)8-4-6-1-2-7(8)3-6/h5-8H,1-4H2,(H3,13,14,16). The minimum absolute atomic E-state index is 0.471. The molecular formula is C12H15N5O. The highest BCUT2D eigenvalue weighted by atomic mass is 16.5. The summed E-state index contributed by atoms with van der Waals surface area (Å²) >= 11 is 0. The predicted molar refractivity (Wildman–Crippen MR) is 64.5 cm³/mol. The smallest absolute Gasteiger partial charge is 0.263 e. The van der Waals surface area contributed by atoms with Gasteiger partial charge in [0.1, 0.15) is 11.4 Å². The molecule has 2 fully saturated rings. The third-order valence-electron chi connectivity index (χ3n) is 4.41. The van der Waals surface area contributed by atoms with Crippen molar-refractivity contribution in [1.82, 2.24) is 20.3 Å². The van der Waals surface area contributed by atoms with Crippen LogP contribution in [0.15, 0.2) is 10.7 Å². The second kappa shape index (κ2) is 3.57. The lowest BCUT2D eigenvalue weighted by Crippen LogP contribution is -2.09. The monoisotopic (exact) mass is 245 g/mol. The maximum absolute atomic E-state index is 5.75. The van der Waals surface area contributed by atoms with Gasteiger partial charge in [0.15, 0.2) is 5.82 Å². The highest BCUT2D eigenvalue weighted by Crippen LogP contribution is 2.52. The fourth-order valence-corrected chi connectivity index (χ4v) is 3.52. The summed E-state index contributed by atoms with van der Waals surface area (Å²) in [5.41, 5.74) is 6.44. The number of H-pyrrole nitrogens is 1. The molecule has 2 heterocycles. The van der Waals surface area contributed by atoms with Gasteiger partial charge in [-0.05, 0) is 31.1 Å². The second-order valence-electron chi connectivity index (χ2n) is 5.44. The summed E-state index contributed by atoms with van der Waals surface area (Å²) in [6.07, 6.45) is 6.86. The molecule has 3 unspecified atom stereocenters. The Labute approximate surface area is 104 Å². The Bertz CT molecular complexity index is 575. The van der Waals surface area contributed by atoms with E-state index in [2.05, 4.69) is 20.3 Å². The minimum atomic E-state index is 0.471. The number of nitrogens with two attached hydrogens (primary N) is 1. The number of aromatic nitrogens is 4. The van der Waals surface area contributed by atoms with Crippen molar-refractivity contribution in [2.45, 2.75) is 31.6 Å². The Morgan fingerprint density at radius 1 is 1.33 bits per heavy atom. The first kappa shape index (κ1) is 10.1. The lowest BCUT2D eigenvalue weighted by atomic mass is 9.88. The van der Waals surface area contributed by atoms with Gasteiger partial charge in [-0.25, -0.2) is 0 Å². The van der Waals surface area contributed by atoms with Gasteiger partial charge in [0, 0.05) is 5.92 Å². The summed E-state index contributed by atoms with van der Waals surface area (Å²) < 4.78 is 5.31. The molecule has 2 saturated carbocycles. The van der Waals surface area contributed by atoms with E-state index in [9.17, 15) is 0 Å². The van der Waals surface area contributed by atoms with Crippen molar-refractivity contribution in [2.75, 3.05) is 5.73 Å². The molecule has 2 bridgehead atoms. The van der Waals surface area contributed by atoms with Gasteiger partial charge in [0.25, 0.3) is 5.89 Å². The van der Waals surface area contributed by atoms with Crippen molar-refractivity contribution in [1.29, 1.82) is 0 Å². The number of nitrogens with zero attached hydrogens (tertiary/aromatic N) is 3. The summed E-state index contributed by atoms with van der Waals surface area (Å²) in [7, 11) is 0. The first-order valence-corrected chi connectivity index (χ1v) is 6.44. The number of anilines is 1. The number of nitrogen functional groups attached to an aromatic ring is 1. The van der Waals surface area contributed by atoms with Crippen LogP contribution in [0.1, 0.15) is 37.4 Å². The highest BCUT2D eigenvalue weighted by Gasteiger charge is 2.42. The summed E-state index contributed by atoms with van der Waals surface area (Å²) in [5.74, 6) is 3.90. The van der Waals surface area contributed by atoms with Gasteiger partial charge < -0.3 is 10.3 Å². The molecule has 6 nitrogen and oxygen atoms in total. The number of hydrogen-bond donors (Lipinski definition) is 2. The first-order chi connectivity index (χ1) is 8.81. The maximum atomic E-state index is 5.75. The molecule has 2 aliphatic rings. The van der Waals surface area contributed by atoms with E-state index in [0.29, 0.717) is 23.2 Å². The molecule has 0 saturated heterocycles. The topological polar surface area (TPSA) is 93.6 Å². The van der Waals surface area contributed by atoms with Gasteiger partial charge in [-0.2, -0.15) is 10.1 Å². The number of nitrogens with one attached hydrogen (secondary N) is 1. The van der Waals surface area contributed by atoms with Gasteiger partial charge in [-0.3, -0.25) is 5.10 Å². The molecule has 0 radical (unpaired) electrons. The van der Waals surface area contributed by atoms with Gasteiger partial charge in [-0.1, -0.05) is 11.6 Å². The van der Waals surface area contributed by atoms with Crippen LogP contribution in [0.3, 0.4) is 0 Å². The molecule has 18 heavy (non-hydrogen) atoms. The molecule has 94 valence electrons. The normalized spacial score (nSPS) is 30.1. The molecule has 0 aromatic carbocycles. The Morgan fingerprint density at radius 2 is 2.28 bits per heavy atom. The van der Waals surface area contributed by atoms with Crippen molar-refractivity contribution in [3.8, 4) is 11.5 Å². The predicted octanol–water partition coefficient (Wildman–Crippen LogP) is 1.95. The summed E-state index contributed by atoms with van der Waals surface area (Å²) in [6.45, 7) is 0. The molecule has 2 aliphatic carbocycles. The SMILES string of the molecule is Nc1[nH]ncc1-c1nc(C2CC3CCC2C3)no1. The van der Waals surface area contributed by atoms with E-state index in [1.165, 1.54) is 25.7 Å². The fraction of sp³-hybridized carbons (Fsp3) is 0.583. The van der Waals surface area contributed by atoms with Crippen LogP contribution >= 0.6 is 0 Å². The van der Waals surface area contributed by atoms with E-state index in [1.807, 2.05) is 0 Å². The van der Waals surface area contributed by atoms with Crippen LogP contribution in [0.5, 0.6) is 0 Å². The van der Waals surface area contributed by atoms with Crippen LogP contribution in [0.4, 0.5) is 5.82 Å². The van der Waals surface area contributed by atoms with Crippen LogP contribution in [-0.4, -0.2) is 20.3 Å². The van der Waals surface area contributed by atoms with E-state index in [1.54, 1.807) is 6.20 Å². The molecule has 0 amide bonds. The highest BCUT2D eigenvalue weighted by molar-refractivity contribution is 5.65. The molecule has 3 atom stereocenters. The molecule has 4 rings (SSSR count). The van der Waals surface area contributed by atoms with E-state index in [0.717, 1.165) is 17.7 Å². The lowest BCUT2D eigenvalue weighted by molar-refractivity contribution is 0.372. The zero-order chi connectivity index (χ0) is 12.1. The lowest BCUT2D eigenvalue weighted by Gasteiger charge is -2.17. The molecule has 0 aliphatic heterocycles. The summed E-state index contributed by atoms with van der Waals surface area (Å²) in [4.78, 5) is 4.50. The maximum Gasteiger partial charge on any atom is 0.263 e. The van der Waals surface area contributed by atoms with Gasteiger partial charge in [0.2, 0.25) is 0 Å². The van der Waals surface area contributed by atoms with Crippen molar-refractivity contribution in [3.63, 3.8) is 0 Å². The van der Waals surface area contributed by atoms with Crippen molar-refractivity contribution >= 4 is 5.82 Å². The van der Waals surface area contributed by atoms with E-state index in [-0.39, 0.29) is 0 Å². The Balaban J connectivity index is 1.65. The van der Waals surface area contributed by atoms with E-state index < -0.39 is 0 Å². The quantitative estimate of drug-likeness (QED) is 0.843.